The molecule has 21 heavy (non-hydrogen) atoms. The van der Waals surface area contributed by atoms with Crippen molar-refractivity contribution in [2.45, 2.75) is 37.9 Å². The Bertz CT molecular complexity index is 604. The molecule has 8 nitrogen and oxygen atoms in total. The number of halogens is 1. The van der Waals surface area contributed by atoms with Gasteiger partial charge in [-0.3, -0.25) is 9.36 Å². The topological polar surface area (TPSA) is 111 Å². The number of nitrogens with zero attached hydrogens (tertiary/aromatic N) is 2. The van der Waals surface area contributed by atoms with Gasteiger partial charge in [-0.1, -0.05) is 0 Å². The molecule has 1 saturated heterocycles. The maximum atomic E-state index is 13.9. The maximum absolute atomic E-state index is 13.9. The summed E-state index contributed by atoms with van der Waals surface area (Å²) in [6, 6.07) is 0. The molecule has 0 bridgehead atoms. The lowest BCUT2D eigenvalue weighted by atomic mass is 10.1. The Kier molecular flexibility index (Phi) is 4.35. The molecule has 1 aliphatic rings. The van der Waals surface area contributed by atoms with E-state index in [2.05, 4.69) is 9.72 Å². The van der Waals surface area contributed by atoms with E-state index in [1.54, 1.807) is 0 Å². The molecular formula is C12H15FN2O6. The zero-order valence-corrected chi connectivity index (χ0v) is 11.4. The molecule has 0 radical (unpaired) electrons. The Morgan fingerprint density at radius 2 is 2.19 bits per heavy atom. The molecule has 2 rings (SSSR count). The van der Waals surface area contributed by atoms with Gasteiger partial charge in [0.25, 0.3) is 0 Å². The van der Waals surface area contributed by atoms with E-state index in [1.807, 2.05) is 0 Å². The Morgan fingerprint density at radius 3 is 2.71 bits per heavy atom. The molecule has 2 N–H and O–H groups in total. The second-order valence-electron chi connectivity index (χ2n) is 4.69. The molecule has 2 heterocycles. The highest BCUT2D eigenvalue weighted by molar-refractivity contribution is 5.71. The van der Waals surface area contributed by atoms with Crippen molar-refractivity contribution < 1.29 is 28.9 Å². The van der Waals surface area contributed by atoms with Crippen LogP contribution in [-0.4, -0.2) is 51.2 Å². The second-order valence-corrected chi connectivity index (χ2v) is 4.69. The van der Waals surface area contributed by atoms with E-state index in [4.69, 9.17) is 4.74 Å². The molecule has 0 unspecified atom stereocenters. The van der Waals surface area contributed by atoms with E-state index in [1.165, 1.54) is 6.92 Å². The lowest BCUT2D eigenvalue weighted by Gasteiger charge is -2.17. The Hall–Kier alpha value is -1.84. The lowest BCUT2D eigenvalue weighted by molar-refractivity contribution is -0.139. The Labute approximate surface area is 118 Å². The predicted octanol–water partition coefficient (Wildman–Crippen LogP) is -1.26. The molecule has 1 fully saturated rings. The third kappa shape index (κ3) is 2.94. The number of aliphatic hydroxyl groups is 2. The number of methoxy groups -OCH3 is 1. The van der Waals surface area contributed by atoms with Gasteiger partial charge in [-0.15, -0.1) is 0 Å². The van der Waals surface area contributed by atoms with E-state index >= 15 is 0 Å². The smallest absolute Gasteiger partial charge is 0.350 e. The van der Waals surface area contributed by atoms with Crippen molar-refractivity contribution in [1.82, 2.24) is 9.55 Å². The average molecular weight is 302 g/mol. The molecule has 1 aromatic rings. The molecule has 0 spiro atoms. The van der Waals surface area contributed by atoms with E-state index in [0.29, 0.717) is 0 Å². The van der Waals surface area contributed by atoms with E-state index in [0.717, 1.165) is 17.9 Å². The van der Waals surface area contributed by atoms with E-state index in [9.17, 15) is 24.2 Å². The average Bonchev–Trinajstić information content (AvgIpc) is 2.70. The highest BCUT2D eigenvalue weighted by Gasteiger charge is 2.42. The van der Waals surface area contributed by atoms with Gasteiger partial charge < -0.3 is 19.7 Å². The number of ether oxygens (including phenoxy) is 2. The number of carbonyl (C=O) groups is 1. The molecule has 0 aromatic carbocycles. The lowest BCUT2D eigenvalue weighted by Crippen LogP contribution is -2.36. The molecule has 0 amide bonds. The molecule has 0 aliphatic carbocycles. The summed E-state index contributed by atoms with van der Waals surface area (Å²) in [6.07, 6.45) is -4.23. The predicted molar refractivity (Wildman–Crippen MR) is 65.8 cm³/mol. The van der Waals surface area contributed by atoms with Gasteiger partial charge in [0.05, 0.1) is 25.3 Å². The van der Waals surface area contributed by atoms with Crippen LogP contribution in [0.1, 0.15) is 18.8 Å². The molecule has 0 saturated carbocycles. The molecule has 1 aromatic heterocycles. The summed E-state index contributed by atoms with van der Waals surface area (Å²) >= 11 is 0. The summed E-state index contributed by atoms with van der Waals surface area (Å²) in [6.45, 7) is 1.51. The van der Waals surface area contributed by atoms with E-state index < -0.39 is 48.4 Å². The Morgan fingerprint density at radius 1 is 1.52 bits per heavy atom. The molecule has 4 atom stereocenters. The van der Waals surface area contributed by atoms with Crippen LogP contribution in [0.15, 0.2) is 11.0 Å². The number of hydrogen-bond donors (Lipinski definition) is 2. The van der Waals surface area contributed by atoms with Crippen LogP contribution in [0.3, 0.4) is 0 Å². The minimum Gasteiger partial charge on any atom is -0.469 e. The van der Waals surface area contributed by atoms with Gasteiger partial charge in [0.1, 0.15) is 12.2 Å². The number of hydrogen-bond acceptors (Lipinski definition) is 7. The molecule has 116 valence electrons. The summed E-state index contributed by atoms with van der Waals surface area (Å²) < 4.78 is 24.2. The molecule has 1 aliphatic heterocycles. The number of aliphatic hydroxyl groups excluding tert-OH is 2. The zero-order valence-electron chi connectivity index (χ0n) is 11.4. The number of rotatable bonds is 3. The van der Waals surface area contributed by atoms with Gasteiger partial charge in [0.15, 0.2) is 12.0 Å². The van der Waals surface area contributed by atoms with Gasteiger partial charge in [-0.05, 0) is 6.92 Å². The third-order valence-corrected chi connectivity index (χ3v) is 3.27. The summed E-state index contributed by atoms with van der Waals surface area (Å²) in [5.74, 6) is -1.65. The summed E-state index contributed by atoms with van der Waals surface area (Å²) in [5, 5.41) is 19.4. The first-order chi connectivity index (χ1) is 9.85. The summed E-state index contributed by atoms with van der Waals surface area (Å²) in [5.41, 5.74) is -1.26. The van der Waals surface area contributed by atoms with Gasteiger partial charge in [0, 0.05) is 6.20 Å². The number of aromatic nitrogens is 2. The van der Waals surface area contributed by atoms with Crippen molar-refractivity contribution in [2.75, 3.05) is 7.11 Å². The van der Waals surface area contributed by atoms with Crippen LogP contribution < -0.4 is 5.69 Å². The Balaban J connectivity index is 2.33. The SMILES string of the molecule is COC(=O)Cc1nc(=O)n([C@@H]2O[C@H](C)[C@@H](O)[C@H]2O)cc1F. The highest BCUT2D eigenvalue weighted by Crippen LogP contribution is 2.28. The highest BCUT2D eigenvalue weighted by atomic mass is 19.1. The quantitative estimate of drug-likeness (QED) is 0.670. The van der Waals surface area contributed by atoms with Crippen molar-refractivity contribution in [1.29, 1.82) is 0 Å². The first kappa shape index (κ1) is 15.5. The normalized spacial score (nSPS) is 28.6. The van der Waals surface area contributed by atoms with Crippen molar-refractivity contribution in [3.63, 3.8) is 0 Å². The fraction of sp³-hybridized carbons (Fsp3) is 0.583. The van der Waals surface area contributed by atoms with Crippen LogP contribution >= 0.6 is 0 Å². The third-order valence-electron chi connectivity index (χ3n) is 3.27. The second kappa shape index (κ2) is 5.88. The number of carbonyl (C=O) groups excluding carboxylic acids is 1. The summed E-state index contributed by atoms with van der Waals surface area (Å²) in [4.78, 5) is 26.4. The fourth-order valence-corrected chi connectivity index (χ4v) is 2.05. The van der Waals surface area contributed by atoms with Gasteiger partial charge in [-0.25, -0.2) is 9.18 Å². The van der Waals surface area contributed by atoms with Gasteiger partial charge >= 0.3 is 11.7 Å². The van der Waals surface area contributed by atoms with Crippen LogP contribution in [0.25, 0.3) is 0 Å². The first-order valence-corrected chi connectivity index (χ1v) is 6.21. The van der Waals surface area contributed by atoms with E-state index in [-0.39, 0.29) is 5.69 Å². The van der Waals surface area contributed by atoms with Crippen LogP contribution in [0.4, 0.5) is 4.39 Å². The van der Waals surface area contributed by atoms with Crippen molar-refractivity contribution >= 4 is 5.97 Å². The minimum atomic E-state index is -1.38. The zero-order chi connectivity index (χ0) is 15.7. The standard InChI is InChI=1S/C12H15FN2O6/c1-5-9(17)10(18)11(21-5)15-4-6(13)7(14-12(15)19)3-8(16)20-2/h4-5,9-11,17-18H,3H2,1-2H3/t5-,9-,10-,11-/m1/s1. The van der Waals surface area contributed by atoms with Crippen molar-refractivity contribution in [2.24, 2.45) is 0 Å². The van der Waals surface area contributed by atoms with Gasteiger partial charge in [0.2, 0.25) is 0 Å². The fourth-order valence-electron chi connectivity index (χ4n) is 2.05. The van der Waals surface area contributed by atoms with Crippen LogP contribution in [0.2, 0.25) is 0 Å². The van der Waals surface area contributed by atoms with Gasteiger partial charge in [-0.2, -0.15) is 4.98 Å². The first-order valence-electron chi connectivity index (χ1n) is 6.21. The monoisotopic (exact) mass is 302 g/mol. The van der Waals surface area contributed by atoms with Crippen LogP contribution in [0, 0.1) is 5.82 Å². The largest absolute Gasteiger partial charge is 0.469 e. The minimum absolute atomic E-state index is 0.357. The van der Waals surface area contributed by atoms with Crippen LogP contribution in [0.5, 0.6) is 0 Å². The van der Waals surface area contributed by atoms with Crippen LogP contribution in [-0.2, 0) is 20.7 Å². The van der Waals surface area contributed by atoms with Crippen molar-refractivity contribution in [3.05, 3.63) is 28.2 Å². The molecule has 9 heteroatoms. The maximum Gasteiger partial charge on any atom is 0.350 e. The van der Waals surface area contributed by atoms with Crippen molar-refractivity contribution in [3.8, 4) is 0 Å². The summed E-state index contributed by atoms with van der Waals surface area (Å²) in [7, 11) is 1.13. The molecular weight excluding hydrogens is 287 g/mol. The number of esters is 1.